The molecule has 0 saturated heterocycles. The summed E-state index contributed by atoms with van der Waals surface area (Å²) in [6.45, 7) is -0.0363. The predicted octanol–water partition coefficient (Wildman–Crippen LogP) is -0.760. The van der Waals surface area contributed by atoms with Crippen LogP contribution in [0.2, 0.25) is 0 Å². The van der Waals surface area contributed by atoms with Crippen LogP contribution >= 0.6 is 0 Å². The second-order valence-corrected chi connectivity index (χ2v) is 5.69. The summed E-state index contributed by atoms with van der Waals surface area (Å²) in [5, 5.41) is 9.03. The third kappa shape index (κ3) is 3.73. The maximum atomic E-state index is 11.5. The standard InChI is InChI=1S/C9H17NO5S/c1-15-9(12)6-16(13,14)10-8-4-2-3-7(8)5-11/h7-8,10-11H,2-6H2,1H3. The first kappa shape index (κ1) is 13.4. The van der Waals surface area contributed by atoms with Crippen molar-refractivity contribution in [1.82, 2.24) is 4.72 Å². The first-order valence-electron chi connectivity index (χ1n) is 5.16. The fourth-order valence-electron chi connectivity index (χ4n) is 1.90. The van der Waals surface area contributed by atoms with Gasteiger partial charge in [0.05, 0.1) is 7.11 Å². The molecule has 2 N–H and O–H groups in total. The van der Waals surface area contributed by atoms with Crippen molar-refractivity contribution in [2.75, 3.05) is 19.5 Å². The van der Waals surface area contributed by atoms with Crippen LogP contribution in [0.3, 0.4) is 0 Å². The highest BCUT2D eigenvalue weighted by Crippen LogP contribution is 2.25. The Labute approximate surface area is 95.0 Å². The summed E-state index contributed by atoms with van der Waals surface area (Å²) >= 11 is 0. The average Bonchev–Trinajstić information content (AvgIpc) is 2.63. The minimum Gasteiger partial charge on any atom is -0.468 e. The SMILES string of the molecule is COC(=O)CS(=O)(=O)NC1CCCC1CO. The molecule has 0 bridgehead atoms. The van der Waals surface area contributed by atoms with Crippen LogP contribution in [0.15, 0.2) is 0 Å². The van der Waals surface area contributed by atoms with Crippen LogP contribution in [0.5, 0.6) is 0 Å². The smallest absolute Gasteiger partial charge is 0.322 e. The van der Waals surface area contributed by atoms with Crippen LogP contribution in [0, 0.1) is 5.92 Å². The molecule has 0 aromatic rings. The number of aliphatic hydroxyl groups is 1. The molecule has 2 unspecified atom stereocenters. The van der Waals surface area contributed by atoms with Gasteiger partial charge in [-0.3, -0.25) is 4.79 Å². The molecule has 7 heteroatoms. The molecule has 1 aliphatic carbocycles. The number of carbonyl (C=O) groups excluding carboxylic acids is 1. The molecule has 1 saturated carbocycles. The first-order valence-corrected chi connectivity index (χ1v) is 6.81. The Balaban J connectivity index is 2.55. The summed E-state index contributed by atoms with van der Waals surface area (Å²) in [7, 11) is -2.51. The van der Waals surface area contributed by atoms with Gasteiger partial charge in [-0.25, -0.2) is 13.1 Å². The maximum absolute atomic E-state index is 11.5. The molecule has 2 atom stereocenters. The van der Waals surface area contributed by atoms with Gasteiger partial charge >= 0.3 is 5.97 Å². The predicted molar refractivity (Wildman–Crippen MR) is 57.2 cm³/mol. The zero-order valence-corrected chi connectivity index (χ0v) is 10.00. The summed E-state index contributed by atoms with van der Waals surface area (Å²) in [6.07, 6.45) is 2.39. The van der Waals surface area contributed by atoms with Crippen LogP contribution < -0.4 is 4.72 Å². The van der Waals surface area contributed by atoms with Crippen molar-refractivity contribution in [2.24, 2.45) is 5.92 Å². The maximum Gasteiger partial charge on any atom is 0.322 e. The van der Waals surface area contributed by atoms with Crippen LogP contribution in [-0.4, -0.2) is 45.0 Å². The molecule has 0 aromatic heterocycles. The van der Waals surface area contributed by atoms with Crippen molar-refractivity contribution in [3.8, 4) is 0 Å². The van der Waals surface area contributed by atoms with Gasteiger partial charge in [-0.05, 0) is 18.8 Å². The van der Waals surface area contributed by atoms with Gasteiger partial charge in [0.1, 0.15) is 0 Å². The molecular weight excluding hydrogens is 234 g/mol. The highest BCUT2D eigenvalue weighted by atomic mass is 32.2. The van der Waals surface area contributed by atoms with E-state index in [4.69, 9.17) is 5.11 Å². The van der Waals surface area contributed by atoms with Gasteiger partial charge in [-0.15, -0.1) is 0 Å². The van der Waals surface area contributed by atoms with Crippen LogP contribution in [0.4, 0.5) is 0 Å². The van der Waals surface area contributed by atoms with E-state index in [1.54, 1.807) is 0 Å². The Morgan fingerprint density at radius 1 is 1.50 bits per heavy atom. The fraction of sp³-hybridized carbons (Fsp3) is 0.889. The molecule has 1 fully saturated rings. The quantitative estimate of drug-likeness (QED) is 0.627. The lowest BCUT2D eigenvalue weighted by molar-refractivity contribution is -0.137. The molecule has 0 radical (unpaired) electrons. The number of esters is 1. The Bertz CT molecular complexity index is 340. The van der Waals surface area contributed by atoms with E-state index in [-0.39, 0.29) is 18.6 Å². The molecule has 16 heavy (non-hydrogen) atoms. The lowest BCUT2D eigenvalue weighted by Gasteiger charge is -2.18. The van der Waals surface area contributed by atoms with Gasteiger partial charge in [0.25, 0.3) is 0 Å². The van der Waals surface area contributed by atoms with Crippen molar-refractivity contribution < 1.29 is 23.1 Å². The van der Waals surface area contributed by atoms with Crippen molar-refractivity contribution in [2.45, 2.75) is 25.3 Å². The summed E-state index contributed by atoms with van der Waals surface area (Å²) in [4.78, 5) is 10.9. The lowest BCUT2D eigenvalue weighted by atomic mass is 10.1. The zero-order chi connectivity index (χ0) is 12.2. The second kappa shape index (κ2) is 5.60. The topological polar surface area (TPSA) is 92.7 Å². The van der Waals surface area contributed by atoms with Crippen molar-refractivity contribution in [3.63, 3.8) is 0 Å². The normalized spacial score (nSPS) is 25.6. The number of nitrogens with one attached hydrogen (secondary N) is 1. The van der Waals surface area contributed by atoms with E-state index < -0.39 is 21.7 Å². The van der Waals surface area contributed by atoms with E-state index in [1.807, 2.05) is 0 Å². The molecular formula is C9H17NO5S. The highest BCUT2D eigenvalue weighted by molar-refractivity contribution is 7.90. The van der Waals surface area contributed by atoms with Gasteiger partial charge in [0, 0.05) is 12.6 Å². The van der Waals surface area contributed by atoms with E-state index >= 15 is 0 Å². The number of sulfonamides is 1. The van der Waals surface area contributed by atoms with Gasteiger partial charge < -0.3 is 9.84 Å². The largest absolute Gasteiger partial charge is 0.468 e. The number of carbonyl (C=O) groups is 1. The minimum atomic E-state index is -3.66. The molecule has 6 nitrogen and oxygen atoms in total. The summed E-state index contributed by atoms with van der Waals surface area (Å²) < 4.78 is 29.8. The van der Waals surface area contributed by atoms with Gasteiger partial charge in [0.2, 0.25) is 10.0 Å². The molecule has 0 amide bonds. The molecule has 1 aliphatic rings. The molecule has 1 rings (SSSR count). The van der Waals surface area contributed by atoms with Crippen molar-refractivity contribution >= 4 is 16.0 Å². The second-order valence-electron chi connectivity index (χ2n) is 3.93. The number of hydrogen-bond donors (Lipinski definition) is 2. The van der Waals surface area contributed by atoms with Gasteiger partial charge in [0.15, 0.2) is 5.75 Å². The zero-order valence-electron chi connectivity index (χ0n) is 9.18. The lowest BCUT2D eigenvalue weighted by Crippen LogP contribution is -2.41. The van der Waals surface area contributed by atoms with E-state index in [9.17, 15) is 13.2 Å². The van der Waals surface area contributed by atoms with Gasteiger partial charge in [-0.1, -0.05) is 6.42 Å². The van der Waals surface area contributed by atoms with E-state index in [0.717, 1.165) is 20.0 Å². The summed E-state index contributed by atoms with van der Waals surface area (Å²) in [6, 6.07) is -0.264. The average molecular weight is 251 g/mol. The van der Waals surface area contributed by atoms with Crippen LogP contribution in [0.25, 0.3) is 0 Å². The monoisotopic (exact) mass is 251 g/mol. The van der Waals surface area contributed by atoms with E-state index in [2.05, 4.69) is 9.46 Å². The van der Waals surface area contributed by atoms with Crippen molar-refractivity contribution in [3.05, 3.63) is 0 Å². The Morgan fingerprint density at radius 2 is 2.19 bits per heavy atom. The van der Waals surface area contributed by atoms with Crippen molar-refractivity contribution in [1.29, 1.82) is 0 Å². The number of ether oxygens (including phenoxy) is 1. The molecule has 0 heterocycles. The van der Waals surface area contributed by atoms with Crippen LogP contribution in [-0.2, 0) is 19.6 Å². The third-order valence-electron chi connectivity index (χ3n) is 2.76. The molecule has 94 valence electrons. The summed E-state index contributed by atoms with van der Waals surface area (Å²) in [5.74, 6) is -1.50. The molecule has 0 aliphatic heterocycles. The summed E-state index contributed by atoms with van der Waals surface area (Å²) in [5.41, 5.74) is 0. The fourth-order valence-corrected chi connectivity index (χ4v) is 3.18. The number of methoxy groups -OCH3 is 1. The first-order chi connectivity index (χ1) is 7.48. The Morgan fingerprint density at radius 3 is 2.75 bits per heavy atom. The molecule has 0 spiro atoms. The third-order valence-corrected chi connectivity index (χ3v) is 4.04. The molecule has 0 aromatic carbocycles. The highest BCUT2D eigenvalue weighted by Gasteiger charge is 2.31. The number of hydrogen-bond acceptors (Lipinski definition) is 5. The number of aliphatic hydroxyl groups excluding tert-OH is 1. The number of rotatable bonds is 5. The van der Waals surface area contributed by atoms with Gasteiger partial charge in [-0.2, -0.15) is 0 Å². The Kier molecular flexibility index (Phi) is 4.69. The minimum absolute atomic E-state index is 0.0363. The van der Waals surface area contributed by atoms with E-state index in [0.29, 0.717) is 6.42 Å². The Hall–Kier alpha value is -0.660. The van der Waals surface area contributed by atoms with E-state index in [1.165, 1.54) is 0 Å². The van der Waals surface area contributed by atoms with Crippen LogP contribution in [0.1, 0.15) is 19.3 Å².